The number of hydrogen-bond donors (Lipinski definition) is 0. The highest BCUT2D eigenvalue weighted by Crippen LogP contribution is 2.58. The molecule has 0 radical (unpaired) electrons. The number of anilines is 1. The molecule has 154 valence electrons. The third kappa shape index (κ3) is 2.83. The van der Waals surface area contributed by atoms with Crippen molar-refractivity contribution in [1.29, 1.82) is 5.26 Å². The van der Waals surface area contributed by atoms with Crippen molar-refractivity contribution in [3.63, 3.8) is 0 Å². The zero-order chi connectivity index (χ0) is 20.9. The first-order valence-corrected chi connectivity index (χ1v) is 10.1. The molecular weight excluding hydrogens is 391 g/mol. The molecule has 1 saturated carbocycles. The number of alkyl halides is 3. The van der Waals surface area contributed by atoms with Crippen LogP contribution in [0.2, 0.25) is 0 Å². The zero-order valence-corrected chi connectivity index (χ0v) is 16.2. The largest absolute Gasteiger partial charge is 0.401 e. The Labute approximate surface area is 171 Å². The van der Waals surface area contributed by atoms with Gasteiger partial charge in [0, 0.05) is 19.3 Å². The number of pyridine rings is 1. The van der Waals surface area contributed by atoms with Crippen molar-refractivity contribution in [3.05, 3.63) is 59.5 Å². The van der Waals surface area contributed by atoms with Crippen molar-refractivity contribution >= 4 is 11.3 Å². The summed E-state index contributed by atoms with van der Waals surface area (Å²) in [5.41, 5.74) is 0.580. The van der Waals surface area contributed by atoms with Gasteiger partial charge < -0.3 is 4.90 Å². The molecule has 8 heteroatoms. The molecule has 3 heterocycles. The summed E-state index contributed by atoms with van der Waals surface area (Å²) in [6, 6.07) is 14.2. The number of nitrogens with zero attached hydrogens (tertiary/aromatic N) is 5. The molecule has 0 spiro atoms. The van der Waals surface area contributed by atoms with Crippen LogP contribution in [0.1, 0.15) is 48.6 Å². The van der Waals surface area contributed by atoms with Gasteiger partial charge >= 0.3 is 6.18 Å². The molecule has 5 nitrogen and oxygen atoms in total. The first kappa shape index (κ1) is 18.9. The highest BCUT2D eigenvalue weighted by Gasteiger charge is 2.67. The van der Waals surface area contributed by atoms with Crippen molar-refractivity contribution in [2.24, 2.45) is 0 Å². The third-order valence-corrected chi connectivity index (χ3v) is 6.50. The van der Waals surface area contributed by atoms with E-state index in [1.807, 2.05) is 18.2 Å². The van der Waals surface area contributed by atoms with Gasteiger partial charge in [-0.1, -0.05) is 30.3 Å². The second kappa shape index (κ2) is 6.73. The first-order chi connectivity index (χ1) is 14.4. The summed E-state index contributed by atoms with van der Waals surface area (Å²) in [5.74, 6) is 0.355. The molecule has 2 aromatic heterocycles. The molecule has 0 bridgehead atoms. The van der Waals surface area contributed by atoms with Crippen LogP contribution in [0.3, 0.4) is 0 Å². The van der Waals surface area contributed by atoms with Gasteiger partial charge in [-0.15, -0.1) is 10.2 Å². The van der Waals surface area contributed by atoms with Crippen LogP contribution in [-0.4, -0.2) is 33.9 Å². The summed E-state index contributed by atoms with van der Waals surface area (Å²) in [6.45, 7) is 1.55. The van der Waals surface area contributed by atoms with Crippen LogP contribution in [0.15, 0.2) is 42.6 Å². The SMILES string of the molecule is N#Cc1c(N2CCC(c3ccccc3)CC2)ccn2c(C3(C(F)(F)F)CC3)nnc12. The summed E-state index contributed by atoms with van der Waals surface area (Å²) in [5, 5.41) is 17.6. The molecule has 1 saturated heterocycles. The Hall–Kier alpha value is -3.08. The van der Waals surface area contributed by atoms with Crippen LogP contribution in [0.5, 0.6) is 0 Å². The molecule has 2 fully saturated rings. The fourth-order valence-corrected chi connectivity index (χ4v) is 4.58. The van der Waals surface area contributed by atoms with Crippen LogP contribution in [0.4, 0.5) is 18.9 Å². The lowest BCUT2D eigenvalue weighted by atomic mass is 9.89. The highest BCUT2D eigenvalue weighted by atomic mass is 19.4. The minimum atomic E-state index is -4.37. The van der Waals surface area contributed by atoms with Gasteiger partial charge in [-0.3, -0.25) is 4.40 Å². The normalized spacial score (nSPS) is 19.1. The highest BCUT2D eigenvalue weighted by molar-refractivity contribution is 5.71. The molecular formula is C22H20F3N5. The number of halogens is 3. The molecule has 0 atom stereocenters. The van der Waals surface area contributed by atoms with E-state index < -0.39 is 11.6 Å². The predicted octanol–water partition coefficient (Wildman–Crippen LogP) is 4.58. The van der Waals surface area contributed by atoms with E-state index in [4.69, 9.17) is 0 Å². The molecule has 30 heavy (non-hydrogen) atoms. The average molecular weight is 411 g/mol. The standard InChI is InChI=1S/C22H20F3N5/c23-22(24,25)21(9-10-21)20-28-27-19-17(14-26)18(8-13-30(19)20)29-11-6-16(7-12-29)15-4-2-1-3-5-15/h1-5,8,13,16H,6-7,9-12H2. The van der Waals surface area contributed by atoms with Crippen LogP contribution in [-0.2, 0) is 5.41 Å². The minimum absolute atomic E-state index is 0.00787. The van der Waals surface area contributed by atoms with Gasteiger partial charge in [0.2, 0.25) is 0 Å². The summed E-state index contributed by atoms with van der Waals surface area (Å²) in [4.78, 5) is 2.13. The molecule has 3 aromatic rings. The fourth-order valence-electron chi connectivity index (χ4n) is 4.58. The molecule has 5 rings (SSSR count). The minimum Gasteiger partial charge on any atom is -0.370 e. The van der Waals surface area contributed by atoms with Crippen molar-refractivity contribution in [1.82, 2.24) is 14.6 Å². The Kier molecular flexibility index (Phi) is 4.24. The van der Waals surface area contributed by atoms with E-state index in [1.165, 1.54) is 9.96 Å². The van der Waals surface area contributed by atoms with Crippen molar-refractivity contribution in [3.8, 4) is 6.07 Å². The maximum Gasteiger partial charge on any atom is 0.401 e. The third-order valence-electron chi connectivity index (χ3n) is 6.50. The number of rotatable bonds is 3. The van der Waals surface area contributed by atoms with Gasteiger partial charge in [-0.25, -0.2) is 0 Å². The Morgan fingerprint density at radius 3 is 2.33 bits per heavy atom. The molecule has 0 N–H and O–H groups in total. The van der Waals surface area contributed by atoms with E-state index in [2.05, 4.69) is 33.3 Å². The van der Waals surface area contributed by atoms with Crippen LogP contribution < -0.4 is 4.90 Å². The Bertz CT molecular complexity index is 1120. The van der Waals surface area contributed by atoms with Gasteiger partial charge in [-0.05, 0) is 43.2 Å². The Morgan fingerprint density at radius 1 is 1.03 bits per heavy atom. The van der Waals surface area contributed by atoms with E-state index in [0.717, 1.165) is 25.9 Å². The number of nitriles is 1. The second-order valence-electron chi connectivity index (χ2n) is 8.16. The van der Waals surface area contributed by atoms with Crippen molar-refractivity contribution < 1.29 is 13.2 Å². The van der Waals surface area contributed by atoms with Gasteiger partial charge in [0.1, 0.15) is 17.0 Å². The van der Waals surface area contributed by atoms with E-state index in [1.54, 1.807) is 12.3 Å². The van der Waals surface area contributed by atoms with Gasteiger partial charge in [-0.2, -0.15) is 18.4 Å². The Morgan fingerprint density at radius 2 is 1.73 bits per heavy atom. The summed E-state index contributed by atoms with van der Waals surface area (Å²) < 4.78 is 42.0. The number of aromatic nitrogens is 3. The molecule has 1 aliphatic carbocycles. The van der Waals surface area contributed by atoms with E-state index in [-0.39, 0.29) is 29.9 Å². The maximum absolute atomic E-state index is 13.6. The number of benzene rings is 1. The van der Waals surface area contributed by atoms with Gasteiger partial charge in [0.15, 0.2) is 11.5 Å². The van der Waals surface area contributed by atoms with Gasteiger partial charge in [0.05, 0.1) is 5.69 Å². The summed E-state index contributed by atoms with van der Waals surface area (Å²) >= 11 is 0. The monoisotopic (exact) mass is 411 g/mol. The Balaban J connectivity index is 1.45. The fraction of sp³-hybridized carbons (Fsp3) is 0.409. The number of piperidine rings is 1. The van der Waals surface area contributed by atoms with E-state index >= 15 is 0 Å². The van der Waals surface area contributed by atoms with Crippen LogP contribution in [0, 0.1) is 11.3 Å². The summed E-state index contributed by atoms with van der Waals surface area (Å²) in [6.07, 6.45) is -0.872. The van der Waals surface area contributed by atoms with Crippen LogP contribution >= 0.6 is 0 Å². The molecule has 1 aliphatic heterocycles. The van der Waals surface area contributed by atoms with E-state index in [0.29, 0.717) is 11.6 Å². The smallest absolute Gasteiger partial charge is 0.370 e. The quantitative estimate of drug-likeness (QED) is 0.633. The lowest BCUT2D eigenvalue weighted by Gasteiger charge is -2.34. The lowest BCUT2D eigenvalue weighted by molar-refractivity contribution is -0.162. The molecule has 1 aromatic carbocycles. The molecule has 2 aliphatic rings. The topological polar surface area (TPSA) is 57.2 Å². The lowest BCUT2D eigenvalue weighted by Crippen LogP contribution is -2.33. The maximum atomic E-state index is 13.6. The van der Waals surface area contributed by atoms with Crippen LogP contribution in [0.25, 0.3) is 5.65 Å². The number of hydrogen-bond acceptors (Lipinski definition) is 4. The zero-order valence-electron chi connectivity index (χ0n) is 16.2. The molecule has 0 unspecified atom stereocenters. The number of fused-ring (bicyclic) bond motifs is 1. The second-order valence-corrected chi connectivity index (χ2v) is 8.16. The predicted molar refractivity (Wildman–Crippen MR) is 105 cm³/mol. The van der Waals surface area contributed by atoms with Crippen molar-refractivity contribution in [2.75, 3.05) is 18.0 Å². The van der Waals surface area contributed by atoms with E-state index in [9.17, 15) is 18.4 Å². The van der Waals surface area contributed by atoms with Crippen molar-refractivity contribution in [2.45, 2.75) is 43.2 Å². The molecule has 0 amide bonds. The summed E-state index contributed by atoms with van der Waals surface area (Å²) in [7, 11) is 0. The first-order valence-electron chi connectivity index (χ1n) is 10.1. The average Bonchev–Trinajstić information content (AvgIpc) is 3.47. The van der Waals surface area contributed by atoms with Gasteiger partial charge in [0.25, 0.3) is 0 Å².